The fourth-order valence-electron chi connectivity index (χ4n) is 2.78. The second-order valence-electron chi connectivity index (χ2n) is 9.95. The van der Waals surface area contributed by atoms with E-state index in [2.05, 4.69) is 10.1 Å². The van der Waals surface area contributed by atoms with E-state index in [1.165, 1.54) is 19.3 Å². The van der Waals surface area contributed by atoms with Crippen molar-refractivity contribution < 1.29 is 38.1 Å². The minimum absolute atomic E-state index is 0.0103. The number of alkyl carbamates (subject to hydrolysis) is 1. The number of esters is 1. The van der Waals surface area contributed by atoms with Gasteiger partial charge < -0.3 is 24.3 Å². The molecule has 36 heavy (non-hydrogen) atoms. The van der Waals surface area contributed by atoms with Gasteiger partial charge in [-0.1, -0.05) is 36.4 Å². The third kappa shape index (κ3) is 13.4. The maximum Gasteiger partial charge on any atom is 0.419 e. The maximum absolute atomic E-state index is 12.7. The molecule has 0 saturated carbocycles. The number of amides is 3. The van der Waals surface area contributed by atoms with Gasteiger partial charge in [-0.25, -0.2) is 24.1 Å². The van der Waals surface area contributed by atoms with Crippen molar-refractivity contribution in [3.8, 4) is 0 Å². The van der Waals surface area contributed by atoms with Gasteiger partial charge in [0.05, 0.1) is 13.2 Å². The molecule has 0 saturated heterocycles. The first-order valence-corrected chi connectivity index (χ1v) is 11.7. The van der Waals surface area contributed by atoms with Crippen molar-refractivity contribution >= 4 is 24.2 Å². The van der Waals surface area contributed by atoms with Crippen LogP contribution in [0.15, 0.2) is 42.5 Å². The highest BCUT2D eigenvalue weighted by atomic mass is 16.6. The van der Waals surface area contributed by atoms with Gasteiger partial charge in [0, 0.05) is 12.6 Å². The molecular weight excluding hydrogens is 468 g/mol. The Morgan fingerprint density at radius 1 is 0.944 bits per heavy atom. The first kappa shape index (κ1) is 30.5. The molecule has 0 aliphatic rings. The van der Waals surface area contributed by atoms with Gasteiger partial charge in [-0.2, -0.15) is 0 Å². The number of carbonyl (C=O) groups is 4. The van der Waals surface area contributed by atoms with Gasteiger partial charge in [-0.05, 0) is 59.9 Å². The summed E-state index contributed by atoms with van der Waals surface area (Å²) in [6, 6.07) is 8.44. The van der Waals surface area contributed by atoms with Crippen molar-refractivity contribution in [2.75, 3.05) is 13.7 Å². The fourth-order valence-corrected chi connectivity index (χ4v) is 2.78. The Morgan fingerprint density at radius 3 is 2.11 bits per heavy atom. The van der Waals surface area contributed by atoms with Gasteiger partial charge in [0.2, 0.25) is 0 Å². The van der Waals surface area contributed by atoms with Gasteiger partial charge in [-0.3, -0.25) is 0 Å². The zero-order chi connectivity index (χ0) is 27.4. The molecule has 1 aromatic carbocycles. The number of methoxy groups -OCH3 is 1. The van der Waals surface area contributed by atoms with Crippen LogP contribution in [-0.4, -0.2) is 60.0 Å². The molecule has 1 N–H and O–H groups in total. The zero-order valence-corrected chi connectivity index (χ0v) is 22.2. The molecule has 1 rings (SSSR count). The second-order valence-corrected chi connectivity index (χ2v) is 9.95. The fraction of sp³-hybridized carbons (Fsp3) is 0.538. The van der Waals surface area contributed by atoms with E-state index in [1.807, 2.05) is 18.2 Å². The molecule has 0 radical (unpaired) electrons. The third-order valence-electron chi connectivity index (χ3n) is 4.30. The number of nitrogens with one attached hydrogen (secondary N) is 1. The predicted molar refractivity (Wildman–Crippen MR) is 133 cm³/mol. The second kappa shape index (κ2) is 14.1. The standard InChI is InChI=1S/C26H38N2O8/c1-25(2,3)35-22(30)27-20(15-16-21(29)33-7)14-11-17-28(24(32)36-26(4,5)6)23(31)34-18-19-12-9-8-10-13-19/h8-10,12-13,15-16,20H,11,14,17-18H2,1-7H3,(H,27,30)/b16-15-/t20-/m0/s1. The third-order valence-corrected chi connectivity index (χ3v) is 4.30. The molecule has 0 aliphatic carbocycles. The van der Waals surface area contributed by atoms with E-state index in [9.17, 15) is 19.2 Å². The van der Waals surface area contributed by atoms with E-state index < -0.39 is 41.5 Å². The largest absolute Gasteiger partial charge is 0.466 e. The highest BCUT2D eigenvalue weighted by molar-refractivity contribution is 5.88. The summed E-state index contributed by atoms with van der Waals surface area (Å²) in [6.45, 7) is 10.2. The number of benzene rings is 1. The van der Waals surface area contributed by atoms with Crippen molar-refractivity contribution in [3.05, 3.63) is 48.0 Å². The molecule has 0 spiro atoms. The number of hydrogen-bond donors (Lipinski definition) is 1. The van der Waals surface area contributed by atoms with Crippen LogP contribution >= 0.6 is 0 Å². The lowest BCUT2D eigenvalue weighted by Crippen LogP contribution is -2.42. The molecule has 0 bridgehead atoms. The topological polar surface area (TPSA) is 120 Å². The Bertz CT molecular complexity index is 901. The van der Waals surface area contributed by atoms with Crippen LogP contribution in [-0.2, 0) is 30.3 Å². The molecule has 0 aliphatic heterocycles. The molecule has 3 amide bonds. The summed E-state index contributed by atoms with van der Waals surface area (Å²) in [7, 11) is 1.24. The van der Waals surface area contributed by atoms with Gasteiger partial charge in [0.25, 0.3) is 0 Å². The molecule has 0 heterocycles. The summed E-state index contributed by atoms with van der Waals surface area (Å²) in [6.07, 6.45) is 0.817. The quantitative estimate of drug-likeness (QED) is 0.283. The highest BCUT2D eigenvalue weighted by Gasteiger charge is 2.28. The van der Waals surface area contributed by atoms with Crippen LogP contribution in [0.3, 0.4) is 0 Å². The van der Waals surface area contributed by atoms with Crippen LogP contribution in [0.2, 0.25) is 0 Å². The van der Waals surface area contributed by atoms with Gasteiger partial charge in [-0.15, -0.1) is 0 Å². The highest BCUT2D eigenvalue weighted by Crippen LogP contribution is 2.14. The summed E-state index contributed by atoms with van der Waals surface area (Å²) in [4.78, 5) is 50.1. The summed E-state index contributed by atoms with van der Waals surface area (Å²) in [5.41, 5.74) is -0.764. The van der Waals surface area contributed by atoms with Crippen molar-refractivity contribution in [2.45, 2.75) is 78.2 Å². The van der Waals surface area contributed by atoms with Gasteiger partial charge in [0.1, 0.15) is 17.8 Å². The van der Waals surface area contributed by atoms with Crippen LogP contribution in [0.25, 0.3) is 0 Å². The van der Waals surface area contributed by atoms with Gasteiger partial charge in [0.15, 0.2) is 0 Å². The number of hydrogen-bond acceptors (Lipinski definition) is 8. The van der Waals surface area contributed by atoms with Crippen molar-refractivity contribution in [1.29, 1.82) is 0 Å². The lowest BCUT2D eigenvalue weighted by Gasteiger charge is -2.26. The van der Waals surface area contributed by atoms with E-state index >= 15 is 0 Å². The molecule has 0 fully saturated rings. The number of rotatable bonds is 9. The molecule has 10 nitrogen and oxygen atoms in total. The van der Waals surface area contributed by atoms with Crippen molar-refractivity contribution in [2.24, 2.45) is 0 Å². The van der Waals surface area contributed by atoms with E-state index in [-0.39, 0.29) is 26.0 Å². The molecule has 1 aromatic rings. The van der Waals surface area contributed by atoms with E-state index in [0.29, 0.717) is 0 Å². The lowest BCUT2D eigenvalue weighted by molar-refractivity contribution is -0.134. The molecule has 1 atom stereocenters. The summed E-state index contributed by atoms with van der Waals surface area (Å²) in [5.74, 6) is -0.592. The van der Waals surface area contributed by atoms with Crippen LogP contribution in [0.4, 0.5) is 14.4 Å². The smallest absolute Gasteiger partial charge is 0.419 e. The Labute approximate surface area is 212 Å². The van der Waals surface area contributed by atoms with Crippen molar-refractivity contribution in [1.82, 2.24) is 10.2 Å². The number of carbonyl (C=O) groups excluding carboxylic acids is 4. The van der Waals surface area contributed by atoms with E-state index in [0.717, 1.165) is 10.5 Å². The molecule has 0 unspecified atom stereocenters. The normalized spacial score (nSPS) is 12.4. The van der Waals surface area contributed by atoms with Crippen LogP contribution < -0.4 is 5.32 Å². The molecular formula is C26H38N2O8. The number of ether oxygens (including phenoxy) is 4. The number of imide groups is 1. The van der Waals surface area contributed by atoms with Crippen LogP contribution in [0.1, 0.15) is 59.9 Å². The minimum atomic E-state index is -0.852. The summed E-state index contributed by atoms with van der Waals surface area (Å²) >= 11 is 0. The first-order chi connectivity index (χ1) is 16.7. The van der Waals surface area contributed by atoms with Crippen LogP contribution in [0, 0.1) is 0 Å². The zero-order valence-electron chi connectivity index (χ0n) is 22.2. The summed E-state index contributed by atoms with van der Waals surface area (Å²) in [5, 5.41) is 2.66. The van der Waals surface area contributed by atoms with Crippen molar-refractivity contribution in [3.63, 3.8) is 0 Å². The Balaban J connectivity index is 2.89. The average Bonchev–Trinajstić information content (AvgIpc) is 2.76. The average molecular weight is 507 g/mol. The van der Waals surface area contributed by atoms with Crippen LogP contribution in [0.5, 0.6) is 0 Å². The Kier molecular flexibility index (Phi) is 11.9. The molecule has 0 aromatic heterocycles. The predicted octanol–water partition coefficient (Wildman–Crippen LogP) is 4.96. The molecule has 10 heteroatoms. The maximum atomic E-state index is 12.7. The summed E-state index contributed by atoms with van der Waals surface area (Å²) < 4.78 is 20.6. The van der Waals surface area contributed by atoms with E-state index in [4.69, 9.17) is 14.2 Å². The molecule has 200 valence electrons. The Morgan fingerprint density at radius 2 is 1.56 bits per heavy atom. The van der Waals surface area contributed by atoms with Gasteiger partial charge >= 0.3 is 24.2 Å². The minimum Gasteiger partial charge on any atom is -0.466 e. The first-order valence-electron chi connectivity index (χ1n) is 11.7. The monoisotopic (exact) mass is 506 g/mol. The lowest BCUT2D eigenvalue weighted by atomic mass is 10.1. The SMILES string of the molecule is COC(=O)/C=C\[C@H](CCCN(C(=O)OCc1ccccc1)C(=O)OC(C)(C)C)NC(=O)OC(C)(C)C. The Hall–Kier alpha value is -3.56. The number of nitrogens with zero attached hydrogens (tertiary/aromatic N) is 1. The van der Waals surface area contributed by atoms with E-state index in [1.54, 1.807) is 53.7 Å².